The third kappa shape index (κ3) is 4.68. The molecular formula is C24H21F2N3O3S. The number of nitrogens with one attached hydrogen (secondary N) is 1. The summed E-state index contributed by atoms with van der Waals surface area (Å²) in [5.74, 6) is -0.0396. The summed E-state index contributed by atoms with van der Waals surface area (Å²) in [7, 11) is 0. The summed E-state index contributed by atoms with van der Waals surface area (Å²) in [6, 6.07) is 15.1. The highest BCUT2D eigenvalue weighted by molar-refractivity contribution is 8.00. The Morgan fingerprint density at radius 1 is 1.12 bits per heavy atom. The first-order valence-electron chi connectivity index (χ1n) is 10.2. The average molecular weight is 470 g/mol. The fraction of sp³-hybridized carbons (Fsp3) is 0.208. The van der Waals surface area contributed by atoms with Crippen LogP contribution in [0, 0.1) is 13.8 Å². The Morgan fingerprint density at radius 2 is 1.82 bits per heavy atom. The number of hydrogen-bond donors (Lipinski definition) is 1. The number of para-hydroxylation sites is 1. The molecule has 1 atom stereocenters. The number of carbonyl (C=O) groups is 1. The summed E-state index contributed by atoms with van der Waals surface area (Å²) in [6.45, 7) is 2.58. The summed E-state index contributed by atoms with van der Waals surface area (Å²) in [6.07, 6.45) is 0. The van der Waals surface area contributed by atoms with Gasteiger partial charge >= 0.3 is 6.61 Å². The number of benzene rings is 2. The van der Waals surface area contributed by atoms with E-state index in [0.29, 0.717) is 21.6 Å². The van der Waals surface area contributed by atoms with Gasteiger partial charge in [-0.15, -0.1) is 0 Å². The monoisotopic (exact) mass is 469 g/mol. The summed E-state index contributed by atoms with van der Waals surface area (Å²) < 4.78 is 31.1. The largest absolute Gasteiger partial charge is 0.435 e. The number of Topliss-reactive ketones (excluding diaryl/α,β-unsaturated/α-hetero) is 1. The van der Waals surface area contributed by atoms with Crippen LogP contribution in [0.4, 0.5) is 8.78 Å². The van der Waals surface area contributed by atoms with Crippen LogP contribution >= 0.6 is 11.8 Å². The number of rotatable bonds is 7. The maximum atomic E-state index is 13.2. The lowest BCUT2D eigenvalue weighted by Crippen LogP contribution is -2.17. The number of aryl methyl sites for hydroxylation is 1. The lowest BCUT2D eigenvalue weighted by Gasteiger charge is -2.13. The van der Waals surface area contributed by atoms with Crippen molar-refractivity contribution in [2.45, 2.75) is 37.8 Å². The molecule has 0 bridgehead atoms. The number of H-pyrrole nitrogens is 1. The van der Waals surface area contributed by atoms with Gasteiger partial charge in [-0.2, -0.15) is 8.78 Å². The van der Waals surface area contributed by atoms with E-state index in [1.54, 1.807) is 49.4 Å². The van der Waals surface area contributed by atoms with Crippen molar-refractivity contribution in [3.63, 3.8) is 0 Å². The van der Waals surface area contributed by atoms with Crippen LogP contribution in [0.5, 0.6) is 5.75 Å². The number of ketones is 1. The van der Waals surface area contributed by atoms with Crippen molar-refractivity contribution in [2.75, 3.05) is 0 Å². The number of hydrogen-bond acceptors (Lipinski definition) is 5. The molecule has 0 radical (unpaired) electrons. The van der Waals surface area contributed by atoms with Gasteiger partial charge in [-0.1, -0.05) is 23.9 Å². The Bertz CT molecular complexity index is 1380. The van der Waals surface area contributed by atoms with Gasteiger partial charge in [-0.05, 0) is 63.2 Å². The number of thioether (sulfide) groups is 1. The van der Waals surface area contributed by atoms with Crippen LogP contribution in [-0.2, 0) is 0 Å². The quantitative estimate of drug-likeness (QED) is 0.226. The molecule has 0 fully saturated rings. The van der Waals surface area contributed by atoms with Gasteiger partial charge in [-0.3, -0.25) is 9.59 Å². The number of alkyl halides is 2. The molecule has 4 aromatic rings. The highest BCUT2D eigenvalue weighted by atomic mass is 32.2. The Hall–Kier alpha value is -3.46. The average Bonchev–Trinajstić information content (AvgIpc) is 3.07. The molecule has 170 valence electrons. The van der Waals surface area contributed by atoms with E-state index in [1.807, 2.05) is 18.4 Å². The van der Waals surface area contributed by atoms with Crippen molar-refractivity contribution in [2.24, 2.45) is 0 Å². The molecule has 0 spiro atoms. The first-order valence-corrected chi connectivity index (χ1v) is 11.1. The molecule has 4 rings (SSSR count). The van der Waals surface area contributed by atoms with E-state index >= 15 is 0 Å². The van der Waals surface area contributed by atoms with Gasteiger partial charge in [0.2, 0.25) is 0 Å². The van der Waals surface area contributed by atoms with Crippen molar-refractivity contribution in [3.05, 3.63) is 81.9 Å². The van der Waals surface area contributed by atoms with Crippen molar-refractivity contribution in [3.8, 4) is 11.4 Å². The molecule has 0 aliphatic heterocycles. The number of fused-ring (bicyclic) bond motifs is 1. The maximum absolute atomic E-state index is 13.2. The summed E-state index contributed by atoms with van der Waals surface area (Å²) in [4.78, 5) is 32.7. The Labute approximate surface area is 192 Å². The van der Waals surface area contributed by atoms with Crippen LogP contribution < -0.4 is 10.3 Å². The fourth-order valence-corrected chi connectivity index (χ4v) is 4.62. The van der Waals surface area contributed by atoms with Gasteiger partial charge in [-0.25, -0.2) is 4.98 Å². The molecule has 0 saturated heterocycles. The van der Waals surface area contributed by atoms with Crippen LogP contribution in [0.25, 0.3) is 16.6 Å². The van der Waals surface area contributed by atoms with Crippen molar-refractivity contribution in [1.29, 1.82) is 0 Å². The first-order chi connectivity index (χ1) is 15.7. The minimum absolute atomic E-state index is 0.0643. The third-order valence-corrected chi connectivity index (χ3v) is 6.25. The predicted molar refractivity (Wildman–Crippen MR) is 124 cm³/mol. The van der Waals surface area contributed by atoms with E-state index in [2.05, 4.69) is 14.7 Å². The number of carbonyl (C=O) groups excluding carboxylic acids is 1. The van der Waals surface area contributed by atoms with Gasteiger partial charge in [0, 0.05) is 22.6 Å². The summed E-state index contributed by atoms with van der Waals surface area (Å²) in [5, 5.41) is 0.377. The highest BCUT2D eigenvalue weighted by Gasteiger charge is 2.23. The minimum atomic E-state index is -2.89. The van der Waals surface area contributed by atoms with Gasteiger partial charge < -0.3 is 14.3 Å². The smallest absolute Gasteiger partial charge is 0.387 e. The van der Waals surface area contributed by atoms with Crippen molar-refractivity contribution in [1.82, 2.24) is 14.5 Å². The van der Waals surface area contributed by atoms with Gasteiger partial charge in [0.25, 0.3) is 5.56 Å². The Balaban J connectivity index is 1.58. The van der Waals surface area contributed by atoms with E-state index in [9.17, 15) is 18.4 Å². The van der Waals surface area contributed by atoms with Crippen LogP contribution in [0.3, 0.4) is 0 Å². The highest BCUT2D eigenvalue weighted by Crippen LogP contribution is 2.28. The topological polar surface area (TPSA) is 77.0 Å². The van der Waals surface area contributed by atoms with Crippen LogP contribution in [0.15, 0.2) is 64.5 Å². The number of ether oxygens (including phenoxy) is 1. The predicted octanol–water partition coefficient (Wildman–Crippen LogP) is 5.30. The maximum Gasteiger partial charge on any atom is 0.387 e. The van der Waals surface area contributed by atoms with Gasteiger partial charge in [0.1, 0.15) is 5.75 Å². The second-order valence-electron chi connectivity index (χ2n) is 7.51. The van der Waals surface area contributed by atoms with Crippen LogP contribution in [0.1, 0.15) is 28.7 Å². The first kappa shape index (κ1) is 22.7. The van der Waals surface area contributed by atoms with E-state index in [4.69, 9.17) is 0 Å². The molecule has 0 saturated carbocycles. The van der Waals surface area contributed by atoms with E-state index < -0.39 is 11.9 Å². The molecular weight excluding hydrogens is 448 g/mol. The lowest BCUT2D eigenvalue weighted by molar-refractivity contribution is -0.0498. The molecule has 0 aliphatic carbocycles. The number of nitrogens with zero attached hydrogens (tertiary/aromatic N) is 2. The summed E-state index contributed by atoms with van der Waals surface area (Å²) in [5.41, 5.74) is 3.15. The standard InChI is InChI=1S/C24H21F2N3O3S/c1-13-12-19(14(2)29(13)16-8-10-17(11-9-16)32-23(25)26)21(30)15(3)33-24-27-20-7-5-4-6-18(20)22(31)28-24/h4-12,15,23H,1-3H3,(H,27,28,31)/t15-/m0/s1. The molecule has 9 heteroatoms. The Morgan fingerprint density at radius 3 is 2.52 bits per heavy atom. The summed E-state index contributed by atoms with van der Waals surface area (Å²) >= 11 is 1.19. The molecule has 2 heterocycles. The van der Waals surface area contributed by atoms with Crippen LogP contribution in [0.2, 0.25) is 0 Å². The fourth-order valence-electron chi connectivity index (χ4n) is 3.75. The van der Waals surface area contributed by atoms with Crippen molar-refractivity contribution < 1.29 is 18.3 Å². The SMILES string of the molecule is Cc1cc(C(=O)[C@H](C)Sc2nc3ccccc3c(=O)[nH]2)c(C)n1-c1ccc(OC(F)F)cc1. The number of halogens is 2. The van der Waals surface area contributed by atoms with E-state index in [1.165, 1.54) is 23.9 Å². The molecule has 6 nitrogen and oxygen atoms in total. The zero-order valence-electron chi connectivity index (χ0n) is 18.1. The minimum Gasteiger partial charge on any atom is -0.435 e. The zero-order valence-corrected chi connectivity index (χ0v) is 19.0. The molecule has 0 amide bonds. The Kier molecular flexibility index (Phi) is 6.33. The molecule has 2 aromatic heterocycles. The van der Waals surface area contributed by atoms with Gasteiger partial charge in [0.05, 0.1) is 16.2 Å². The number of aromatic nitrogens is 3. The normalized spacial score (nSPS) is 12.3. The molecule has 2 aromatic carbocycles. The third-order valence-electron chi connectivity index (χ3n) is 5.27. The molecule has 1 N–H and O–H groups in total. The zero-order chi connectivity index (χ0) is 23.7. The van der Waals surface area contributed by atoms with Crippen LogP contribution in [-0.4, -0.2) is 32.2 Å². The lowest BCUT2D eigenvalue weighted by atomic mass is 10.1. The van der Waals surface area contributed by atoms with Crippen molar-refractivity contribution >= 4 is 28.4 Å². The number of aromatic amines is 1. The van der Waals surface area contributed by atoms with Gasteiger partial charge in [0.15, 0.2) is 10.9 Å². The van der Waals surface area contributed by atoms with E-state index in [-0.39, 0.29) is 17.1 Å². The van der Waals surface area contributed by atoms with E-state index in [0.717, 1.165) is 17.1 Å². The second-order valence-corrected chi connectivity index (χ2v) is 8.83. The molecule has 33 heavy (non-hydrogen) atoms. The molecule has 0 aliphatic rings. The second kappa shape index (κ2) is 9.19. The molecule has 0 unspecified atom stereocenters.